The molecule has 1 aromatic rings. The Morgan fingerprint density at radius 3 is 1.75 bits per heavy atom. The third-order valence-electron chi connectivity index (χ3n) is 1.65. The van der Waals surface area contributed by atoms with Gasteiger partial charge in [-0.3, -0.25) is 0 Å². The molecule has 1 aromatic carbocycles. The molecule has 16 heavy (non-hydrogen) atoms. The number of hydrogen-bond donors (Lipinski definition) is 0. The van der Waals surface area contributed by atoms with Gasteiger partial charge in [-0.05, 0) is 25.9 Å². The number of benzene rings is 1. The van der Waals surface area contributed by atoms with Gasteiger partial charge in [0.15, 0.2) is 0 Å². The van der Waals surface area contributed by atoms with Gasteiger partial charge < -0.3 is 9.47 Å². The normalized spacial score (nSPS) is 13.1. The number of esters is 2. The predicted molar refractivity (Wildman–Crippen MR) is 58.4 cm³/mol. The van der Waals surface area contributed by atoms with E-state index in [1.165, 1.54) is 0 Å². The Morgan fingerprint density at radius 1 is 1.06 bits per heavy atom. The highest BCUT2D eigenvalue weighted by molar-refractivity contribution is 6.03. The first kappa shape index (κ1) is 7.44. The highest BCUT2D eigenvalue weighted by atomic mass is 16.5. The van der Waals surface area contributed by atoms with E-state index in [9.17, 15) is 9.59 Å². The topological polar surface area (TPSA) is 52.6 Å². The summed E-state index contributed by atoms with van der Waals surface area (Å²) in [7, 11) is 0. The van der Waals surface area contributed by atoms with Crippen LogP contribution in [0.1, 0.15) is 40.0 Å². The second-order valence-electron chi connectivity index (χ2n) is 2.69. The van der Waals surface area contributed by atoms with Gasteiger partial charge in [-0.25, -0.2) is 9.59 Å². The average molecular weight is 226 g/mol. The molecule has 0 atom stereocenters. The van der Waals surface area contributed by atoms with E-state index in [0.717, 1.165) is 0 Å². The van der Waals surface area contributed by atoms with Crippen LogP contribution in [0, 0.1) is 0 Å². The summed E-state index contributed by atoms with van der Waals surface area (Å²) >= 11 is 0. The maximum atomic E-state index is 11.8. The highest BCUT2D eigenvalue weighted by Gasteiger charge is 2.17. The fraction of sp³-hybridized carbons (Fsp3) is 0.333. The van der Waals surface area contributed by atoms with Gasteiger partial charge in [-0.1, -0.05) is 12.1 Å². The highest BCUT2D eigenvalue weighted by Crippen LogP contribution is 2.11. The number of rotatable bonds is 4. The van der Waals surface area contributed by atoms with Crippen molar-refractivity contribution in [2.75, 3.05) is 13.2 Å². The molecule has 0 unspecified atom stereocenters. The van der Waals surface area contributed by atoms with Crippen molar-refractivity contribution in [3.05, 3.63) is 35.3 Å². The van der Waals surface area contributed by atoms with Crippen LogP contribution in [-0.2, 0) is 9.47 Å². The Balaban J connectivity index is 3.60. The standard InChI is InChI=1S/C12H14O4/c1-3-15-11(13)9-7-5-6-8-10(9)12(14)16-4-2/h5-8H,3-4H2,1-2H3/i5D,6D,7D,8D. The molecule has 0 N–H and O–H groups in total. The number of carbonyl (C=O) groups is 2. The largest absolute Gasteiger partial charge is 0.462 e. The molecule has 0 aliphatic heterocycles. The van der Waals surface area contributed by atoms with E-state index in [4.69, 9.17) is 15.0 Å². The summed E-state index contributed by atoms with van der Waals surface area (Å²) in [6, 6.07) is -2.45. The molecule has 4 heteroatoms. The molecule has 0 aliphatic rings. The Kier molecular flexibility index (Phi) is 2.74. The van der Waals surface area contributed by atoms with E-state index in [0.29, 0.717) is 0 Å². The Morgan fingerprint density at radius 2 is 1.44 bits per heavy atom. The third kappa shape index (κ3) is 2.82. The van der Waals surface area contributed by atoms with Crippen LogP contribution in [-0.4, -0.2) is 25.2 Å². The Hall–Kier alpha value is -1.84. The lowest BCUT2D eigenvalue weighted by Gasteiger charge is -2.07. The summed E-state index contributed by atoms with van der Waals surface area (Å²) in [5.41, 5.74) is -1.01. The first-order valence-corrected chi connectivity index (χ1v) is 4.81. The predicted octanol–water partition coefficient (Wildman–Crippen LogP) is 2.04. The second-order valence-corrected chi connectivity index (χ2v) is 2.69. The second kappa shape index (κ2) is 5.90. The summed E-state index contributed by atoms with van der Waals surface area (Å²) in [5, 5.41) is 0. The van der Waals surface area contributed by atoms with Gasteiger partial charge in [0.2, 0.25) is 0 Å². The van der Waals surface area contributed by atoms with Crippen molar-refractivity contribution in [2.45, 2.75) is 13.8 Å². The summed E-state index contributed by atoms with van der Waals surface area (Å²) in [4.78, 5) is 23.7. The molecule has 0 aromatic heterocycles. The average Bonchev–Trinajstić information content (AvgIpc) is 2.40. The van der Waals surface area contributed by atoms with Gasteiger partial charge in [-0.2, -0.15) is 0 Å². The quantitative estimate of drug-likeness (QED) is 0.737. The summed E-state index contributed by atoms with van der Waals surface area (Å²) in [6.45, 7) is 3.13. The molecule has 86 valence electrons. The van der Waals surface area contributed by atoms with Crippen LogP contribution in [0.2, 0.25) is 0 Å². The van der Waals surface area contributed by atoms with Crippen LogP contribution < -0.4 is 0 Å². The SMILES string of the molecule is [2H]c1c([2H])c([2H])c(C(=O)OCC)c(C(=O)OCC)c1[2H]. The van der Waals surface area contributed by atoms with Gasteiger partial charge in [0.1, 0.15) is 0 Å². The summed E-state index contributed by atoms with van der Waals surface area (Å²) in [6.07, 6.45) is 0. The van der Waals surface area contributed by atoms with Crippen molar-refractivity contribution in [1.82, 2.24) is 0 Å². The van der Waals surface area contributed by atoms with Crippen molar-refractivity contribution in [3.63, 3.8) is 0 Å². The maximum absolute atomic E-state index is 11.8. The molecule has 0 amide bonds. The monoisotopic (exact) mass is 226 g/mol. The van der Waals surface area contributed by atoms with Gasteiger partial charge in [-0.15, -0.1) is 0 Å². The van der Waals surface area contributed by atoms with E-state index in [2.05, 4.69) is 0 Å². The lowest BCUT2D eigenvalue weighted by molar-refractivity contribution is 0.0479. The number of carbonyl (C=O) groups excluding carboxylic acids is 2. The molecule has 4 nitrogen and oxygen atoms in total. The van der Waals surface area contributed by atoms with E-state index < -0.39 is 47.2 Å². The van der Waals surface area contributed by atoms with Crippen molar-refractivity contribution < 1.29 is 24.5 Å². The molecule has 0 heterocycles. The number of ether oxygens (including phenoxy) is 2. The van der Waals surface area contributed by atoms with Gasteiger partial charge in [0, 0.05) is 0 Å². The first-order valence-electron chi connectivity index (χ1n) is 6.81. The Labute approximate surface area is 99.8 Å². The van der Waals surface area contributed by atoms with Crippen LogP contribution in [0.25, 0.3) is 0 Å². The number of hydrogen-bond acceptors (Lipinski definition) is 4. The molecule has 1 rings (SSSR count). The van der Waals surface area contributed by atoms with Crippen LogP contribution >= 0.6 is 0 Å². The molecular weight excluding hydrogens is 208 g/mol. The molecule has 0 bridgehead atoms. The van der Waals surface area contributed by atoms with Crippen molar-refractivity contribution in [2.24, 2.45) is 0 Å². The van der Waals surface area contributed by atoms with Crippen molar-refractivity contribution >= 4 is 11.9 Å². The van der Waals surface area contributed by atoms with Crippen molar-refractivity contribution in [3.8, 4) is 0 Å². The Bertz CT molecular complexity index is 508. The molecule has 0 fully saturated rings. The van der Waals surface area contributed by atoms with Crippen LogP contribution in [0.4, 0.5) is 0 Å². The van der Waals surface area contributed by atoms with Crippen LogP contribution in [0.15, 0.2) is 24.2 Å². The minimum absolute atomic E-state index is 0.0177. The molecule has 0 saturated heterocycles. The maximum Gasteiger partial charge on any atom is 0.338 e. The minimum atomic E-state index is -0.984. The molecule has 0 saturated carbocycles. The van der Waals surface area contributed by atoms with Crippen molar-refractivity contribution in [1.29, 1.82) is 0 Å². The minimum Gasteiger partial charge on any atom is -0.462 e. The van der Waals surface area contributed by atoms with E-state index in [1.54, 1.807) is 13.8 Å². The summed E-state index contributed by atoms with van der Waals surface area (Å²) < 4.78 is 40.0. The molecular formula is C12H14O4. The zero-order valence-corrected chi connectivity index (χ0v) is 9.05. The fourth-order valence-corrected chi connectivity index (χ4v) is 1.03. The van der Waals surface area contributed by atoms with Gasteiger partial charge in [0.05, 0.1) is 29.8 Å². The third-order valence-corrected chi connectivity index (χ3v) is 1.65. The zero-order chi connectivity index (χ0) is 15.4. The van der Waals surface area contributed by atoms with E-state index >= 15 is 0 Å². The van der Waals surface area contributed by atoms with Gasteiger partial charge >= 0.3 is 11.9 Å². The molecule has 0 aliphatic carbocycles. The molecule has 0 radical (unpaired) electrons. The smallest absolute Gasteiger partial charge is 0.338 e. The summed E-state index contributed by atoms with van der Waals surface area (Å²) in [5.74, 6) is -1.97. The van der Waals surface area contributed by atoms with Crippen LogP contribution in [0.3, 0.4) is 0 Å². The fourth-order valence-electron chi connectivity index (χ4n) is 1.03. The zero-order valence-electron chi connectivity index (χ0n) is 13.0. The lowest BCUT2D eigenvalue weighted by Crippen LogP contribution is -2.13. The van der Waals surface area contributed by atoms with E-state index in [-0.39, 0.29) is 13.2 Å². The molecule has 0 spiro atoms. The van der Waals surface area contributed by atoms with Gasteiger partial charge in [0.25, 0.3) is 0 Å². The van der Waals surface area contributed by atoms with E-state index in [1.807, 2.05) is 0 Å². The first-order chi connectivity index (χ1) is 9.36. The van der Waals surface area contributed by atoms with Crippen LogP contribution in [0.5, 0.6) is 0 Å². The lowest BCUT2D eigenvalue weighted by atomic mass is 10.1.